The van der Waals surface area contributed by atoms with Gasteiger partial charge in [0.25, 0.3) is 0 Å². The number of carbonyl (C=O) groups excluding carboxylic acids is 1. The van der Waals surface area contributed by atoms with Gasteiger partial charge in [0.15, 0.2) is 0 Å². The molecule has 2 atom stereocenters. The van der Waals surface area contributed by atoms with Gasteiger partial charge in [-0.15, -0.1) is 0 Å². The molecule has 0 spiro atoms. The van der Waals surface area contributed by atoms with E-state index in [0.717, 1.165) is 19.3 Å². The molecule has 128 valence electrons. The van der Waals surface area contributed by atoms with Crippen LogP contribution in [0, 0.1) is 0 Å². The van der Waals surface area contributed by atoms with Crippen LogP contribution in [-0.2, 0) is 19.6 Å². The van der Waals surface area contributed by atoms with Crippen molar-refractivity contribution in [2.45, 2.75) is 64.5 Å². The number of likely N-dealkylation sites (tertiary alicyclic amines) is 1. The van der Waals surface area contributed by atoms with Crippen LogP contribution in [-0.4, -0.2) is 54.7 Å². The number of sulfonamides is 1. The van der Waals surface area contributed by atoms with Crippen LogP contribution in [0.2, 0.25) is 0 Å². The van der Waals surface area contributed by atoms with Gasteiger partial charge in [0.1, 0.15) is 6.04 Å². The number of piperidine rings is 1. The van der Waals surface area contributed by atoms with E-state index in [1.165, 1.54) is 6.92 Å². The summed E-state index contributed by atoms with van der Waals surface area (Å²) in [7, 11) is -3.67. The quantitative estimate of drug-likeness (QED) is 0.688. The molecule has 2 unspecified atom stereocenters. The van der Waals surface area contributed by atoms with Crippen molar-refractivity contribution in [1.82, 2.24) is 9.62 Å². The first kappa shape index (κ1) is 18.9. The number of hydrogen-bond donors (Lipinski definition) is 2. The average molecular weight is 334 g/mol. The monoisotopic (exact) mass is 334 g/mol. The lowest BCUT2D eigenvalue weighted by molar-refractivity contribution is -0.139. The summed E-state index contributed by atoms with van der Waals surface area (Å²) in [5.41, 5.74) is 0. The van der Waals surface area contributed by atoms with Gasteiger partial charge < -0.3 is 10.0 Å². The van der Waals surface area contributed by atoms with Gasteiger partial charge in [-0.05, 0) is 32.1 Å². The average Bonchev–Trinajstić information content (AvgIpc) is 2.44. The summed E-state index contributed by atoms with van der Waals surface area (Å²) in [5, 5.41) is 9.02. The van der Waals surface area contributed by atoms with Crippen LogP contribution >= 0.6 is 0 Å². The van der Waals surface area contributed by atoms with Crippen LogP contribution in [0.25, 0.3) is 0 Å². The molecule has 2 N–H and O–H groups in total. The molecule has 8 heteroatoms. The number of nitrogens with zero attached hydrogens (tertiary/aromatic N) is 1. The largest absolute Gasteiger partial charge is 0.480 e. The maximum atomic E-state index is 12.1. The van der Waals surface area contributed by atoms with Gasteiger partial charge in [0, 0.05) is 19.5 Å². The van der Waals surface area contributed by atoms with Gasteiger partial charge in [-0.2, -0.15) is 0 Å². The number of aliphatic carboxylic acids is 1. The third-order valence-corrected chi connectivity index (χ3v) is 5.37. The lowest BCUT2D eigenvalue weighted by atomic mass is 10.00. The summed E-state index contributed by atoms with van der Waals surface area (Å²) in [6, 6.07) is -1.15. The fourth-order valence-electron chi connectivity index (χ4n) is 2.80. The van der Waals surface area contributed by atoms with Crippen molar-refractivity contribution < 1.29 is 23.1 Å². The zero-order valence-corrected chi connectivity index (χ0v) is 14.1. The predicted molar refractivity (Wildman–Crippen MR) is 82.9 cm³/mol. The molecule has 1 saturated heterocycles. The van der Waals surface area contributed by atoms with Crippen molar-refractivity contribution in [2.24, 2.45) is 0 Å². The molecule has 1 aliphatic heterocycles. The number of carbonyl (C=O) groups is 2. The van der Waals surface area contributed by atoms with Crippen LogP contribution < -0.4 is 4.72 Å². The Morgan fingerprint density at radius 1 is 1.36 bits per heavy atom. The van der Waals surface area contributed by atoms with Crippen molar-refractivity contribution >= 4 is 21.9 Å². The fraction of sp³-hybridized carbons (Fsp3) is 0.857. The molecule has 0 aromatic carbocycles. The van der Waals surface area contributed by atoms with Crippen LogP contribution in [0.4, 0.5) is 0 Å². The number of hydrogen-bond acceptors (Lipinski definition) is 4. The topological polar surface area (TPSA) is 104 Å². The highest BCUT2D eigenvalue weighted by Gasteiger charge is 2.28. The zero-order valence-electron chi connectivity index (χ0n) is 13.2. The number of rotatable bonds is 8. The highest BCUT2D eigenvalue weighted by Crippen LogP contribution is 2.20. The van der Waals surface area contributed by atoms with Crippen LogP contribution in [0.3, 0.4) is 0 Å². The summed E-state index contributed by atoms with van der Waals surface area (Å²) < 4.78 is 26.4. The van der Waals surface area contributed by atoms with E-state index >= 15 is 0 Å². The normalized spacial score (nSPS) is 20.6. The van der Waals surface area contributed by atoms with E-state index in [4.69, 9.17) is 5.11 Å². The number of carboxylic acid groups (broad SMARTS) is 1. The van der Waals surface area contributed by atoms with Crippen LogP contribution in [0.1, 0.15) is 52.4 Å². The van der Waals surface area contributed by atoms with Gasteiger partial charge in [0.2, 0.25) is 15.9 Å². The van der Waals surface area contributed by atoms with E-state index in [9.17, 15) is 18.0 Å². The second-order valence-electron chi connectivity index (χ2n) is 5.77. The SMILES string of the molecule is CCCC(NS(=O)(=O)CCC1CCCCN1C(C)=O)C(=O)O. The minimum atomic E-state index is -3.67. The first-order valence-electron chi connectivity index (χ1n) is 7.77. The molecule has 22 heavy (non-hydrogen) atoms. The third-order valence-electron chi connectivity index (χ3n) is 3.95. The minimum absolute atomic E-state index is 0.0375. The van der Waals surface area contributed by atoms with E-state index in [1.807, 2.05) is 0 Å². The third kappa shape index (κ3) is 5.92. The summed E-state index contributed by atoms with van der Waals surface area (Å²) in [5.74, 6) is -1.35. The smallest absolute Gasteiger partial charge is 0.321 e. The highest BCUT2D eigenvalue weighted by atomic mass is 32.2. The van der Waals surface area contributed by atoms with E-state index < -0.39 is 22.0 Å². The Morgan fingerprint density at radius 2 is 2.05 bits per heavy atom. The molecule has 1 heterocycles. The maximum absolute atomic E-state index is 12.1. The Morgan fingerprint density at radius 3 is 2.59 bits per heavy atom. The Hall–Kier alpha value is -1.15. The molecule has 0 aliphatic carbocycles. The van der Waals surface area contributed by atoms with Gasteiger partial charge in [-0.25, -0.2) is 13.1 Å². The predicted octanol–water partition coefficient (Wildman–Crippen LogP) is 0.950. The van der Waals surface area contributed by atoms with Crippen LogP contribution in [0.5, 0.6) is 0 Å². The maximum Gasteiger partial charge on any atom is 0.321 e. The number of nitrogens with one attached hydrogen (secondary N) is 1. The van der Waals surface area contributed by atoms with E-state index in [0.29, 0.717) is 19.4 Å². The standard InChI is InChI=1S/C14H26N2O5S/c1-3-6-13(14(18)19)15-22(20,21)10-8-12-7-4-5-9-16(12)11(2)17/h12-13,15H,3-10H2,1-2H3,(H,18,19). The van der Waals surface area contributed by atoms with Crippen molar-refractivity contribution in [1.29, 1.82) is 0 Å². The van der Waals surface area contributed by atoms with E-state index in [-0.39, 0.29) is 24.1 Å². The fourth-order valence-corrected chi connectivity index (χ4v) is 4.16. The first-order chi connectivity index (χ1) is 10.3. The van der Waals surface area contributed by atoms with Gasteiger partial charge in [-0.3, -0.25) is 9.59 Å². The molecule has 0 radical (unpaired) electrons. The van der Waals surface area contributed by atoms with Crippen molar-refractivity contribution in [3.63, 3.8) is 0 Å². The lowest BCUT2D eigenvalue weighted by Crippen LogP contribution is -2.45. The van der Waals surface area contributed by atoms with Gasteiger partial charge >= 0.3 is 5.97 Å². The minimum Gasteiger partial charge on any atom is -0.480 e. The molecule has 1 rings (SSSR count). The number of amides is 1. The molecule has 1 fully saturated rings. The Labute approximate surface area is 132 Å². The Balaban J connectivity index is 2.60. The van der Waals surface area contributed by atoms with Crippen molar-refractivity contribution in [2.75, 3.05) is 12.3 Å². The zero-order chi connectivity index (χ0) is 16.8. The molecule has 0 saturated carbocycles. The molecule has 7 nitrogen and oxygen atoms in total. The van der Waals surface area contributed by atoms with E-state index in [2.05, 4.69) is 4.72 Å². The molecular weight excluding hydrogens is 308 g/mol. The first-order valence-corrected chi connectivity index (χ1v) is 9.42. The Bertz CT molecular complexity index is 491. The second-order valence-corrected chi connectivity index (χ2v) is 7.64. The summed E-state index contributed by atoms with van der Waals surface area (Å²) in [6.07, 6.45) is 3.91. The van der Waals surface area contributed by atoms with Gasteiger partial charge in [0.05, 0.1) is 5.75 Å². The molecule has 1 aliphatic rings. The number of carboxylic acids is 1. The van der Waals surface area contributed by atoms with E-state index in [1.54, 1.807) is 11.8 Å². The second kappa shape index (κ2) is 8.47. The molecule has 1 amide bonds. The lowest BCUT2D eigenvalue weighted by Gasteiger charge is -2.35. The molecule has 0 bridgehead atoms. The molecule has 0 aromatic heterocycles. The highest BCUT2D eigenvalue weighted by molar-refractivity contribution is 7.89. The van der Waals surface area contributed by atoms with Crippen molar-refractivity contribution in [3.8, 4) is 0 Å². The molecule has 0 aromatic rings. The Kier molecular flexibility index (Phi) is 7.28. The van der Waals surface area contributed by atoms with Crippen molar-refractivity contribution in [3.05, 3.63) is 0 Å². The summed E-state index contributed by atoms with van der Waals surface area (Å²) >= 11 is 0. The summed E-state index contributed by atoms with van der Waals surface area (Å²) in [4.78, 5) is 24.3. The van der Waals surface area contributed by atoms with Crippen LogP contribution in [0.15, 0.2) is 0 Å². The van der Waals surface area contributed by atoms with Gasteiger partial charge in [-0.1, -0.05) is 13.3 Å². The molecular formula is C14H26N2O5S. The summed E-state index contributed by atoms with van der Waals surface area (Å²) in [6.45, 7) is 3.96.